The minimum Gasteiger partial charge on any atom is -0.497 e. The Morgan fingerprint density at radius 3 is 1.79 bits per heavy atom. The Balaban J connectivity index is 2.20. The second-order valence-electron chi connectivity index (χ2n) is 11.7. The van der Waals surface area contributed by atoms with Crippen molar-refractivity contribution in [2.24, 2.45) is 0 Å². The summed E-state index contributed by atoms with van der Waals surface area (Å²) >= 11 is 3.50. The topological polar surface area (TPSA) is 88.1 Å². The first-order valence-electron chi connectivity index (χ1n) is 14.5. The first-order valence-corrected chi connectivity index (χ1v) is 15.3. The first-order chi connectivity index (χ1) is 20.4. The number of fused-ring (bicyclic) bond motifs is 1. The van der Waals surface area contributed by atoms with Gasteiger partial charge in [0, 0.05) is 10.4 Å². The number of benzene rings is 3. The molecule has 228 valence electrons. The zero-order chi connectivity index (χ0) is 31.5. The normalized spacial score (nSPS) is 18.8. The molecule has 0 fully saturated rings. The van der Waals surface area contributed by atoms with E-state index in [1.807, 2.05) is 24.3 Å². The smallest absolute Gasteiger partial charge is 0.329 e. The van der Waals surface area contributed by atoms with Gasteiger partial charge in [-0.15, -0.1) is 0 Å². The number of ether oxygens (including phenoxy) is 4. The summed E-state index contributed by atoms with van der Waals surface area (Å²) in [6.45, 7) is 10.5. The second-order valence-corrected chi connectivity index (χ2v) is 12.6. The van der Waals surface area contributed by atoms with E-state index in [1.165, 1.54) is 7.11 Å². The summed E-state index contributed by atoms with van der Waals surface area (Å²) in [6.07, 6.45) is -1.42. The van der Waals surface area contributed by atoms with E-state index in [2.05, 4.69) is 15.9 Å². The molecule has 0 aromatic heterocycles. The van der Waals surface area contributed by atoms with Gasteiger partial charge in [-0.1, -0.05) is 64.5 Å². The van der Waals surface area contributed by atoms with Crippen LogP contribution >= 0.6 is 15.9 Å². The zero-order valence-electron chi connectivity index (χ0n) is 25.7. The molecule has 7 nitrogen and oxygen atoms in total. The van der Waals surface area contributed by atoms with Crippen LogP contribution in [0.5, 0.6) is 5.75 Å². The van der Waals surface area contributed by atoms with Crippen LogP contribution in [0.3, 0.4) is 0 Å². The lowest BCUT2D eigenvalue weighted by atomic mass is 9.61. The highest BCUT2D eigenvalue weighted by atomic mass is 79.9. The van der Waals surface area contributed by atoms with Crippen LogP contribution in [0, 0.1) is 0 Å². The lowest BCUT2D eigenvalue weighted by Crippen LogP contribution is -2.55. The molecule has 0 saturated heterocycles. The Morgan fingerprint density at radius 1 is 0.721 bits per heavy atom. The molecule has 2 atom stereocenters. The Morgan fingerprint density at radius 2 is 1.26 bits per heavy atom. The quantitative estimate of drug-likeness (QED) is 0.135. The van der Waals surface area contributed by atoms with Crippen molar-refractivity contribution >= 4 is 33.8 Å². The van der Waals surface area contributed by atoms with Crippen molar-refractivity contribution in [3.63, 3.8) is 0 Å². The Labute approximate surface area is 262 Å². The van der Waals surface area contributed by atoms with Crippen LogP contribution in [0.4, 0.5) is 0 Å². The molecular formula is C35H39BrO7. The summed E-state index contributed by atoms with van der Waals surface area (Å²) in [5, 5.41) is 0. The third-order valence-corrected chi connectivity index (χ3v) is 8.15. The number of carbonyl (C=O) groups is 3. The van der Waals surface area contributed by atoms with E-state index >= 15 is 0 Å². The summed E-state index contributed by atoms with van der Waals surface area (Å²) in [6, 6.07) is 21.8. The molecular weight excluding hydrogens is 612 g/mol. The van der Waals surface area contributed by atoms with E-state index < -0.39 is 53.0 Å². The largest absolute Gasteiger partial charge is 0.497 e. The molecule has 0 saturated carbocycles. The molecule has 0 aliphatic heterocycles. The number of esters is 3. The molecule has 0 spiro atoms. The molecule has 3 aromatic rings. The van der Waals surface area contributed by atoms with Crippen molar-refractivity contribution in [1.29, 1.82) is 0 Å². The van der Waals surface area contributed by atoms with Crippen LogP contribution < -0.4 is 4.74 Å². The van der Waals surface area contributed by atoms with Crippen LogP contribution in [0.1, 0.15) is 69.7 Å². The van der Waals surface area contributed by atoms with Crippen molar-refractivity contribution in [1.82, 2.24) is 0 Å². The second kappa shape index (κ2) is 12.9. The molecule has 3 aromatic carbocycles. The molecule has 0 N–H and O–H groups in total. The van der Waals surface area contributed by atoms with E-state index in [-0.39, 0.29) is 6.42 Å². The van der Waals surface area contributed by atoms with E-state index in [1.54, 1.807) is 90.1 Å². The summed E-state index contributed by atoms with van der Waals surface area (Å²) in [7, 11) is 1.54. The maximum atomic E-state index is 14.8. The van der Waals surface area contributed by atoms with Gasteiger partial charge in [0.25, 0.3) is 0 Å². The average molecular weight is 652 g/mol. The van der Waals surface area contributed by atoms with Gasteiger partial charge in [-0.2, -0.15) is 0 Å². The van der Waals surface area contributed by atoms with E-state index in [9.17, 15) is 14.4 Å². The van der Waals surface area contributed by atoms with E-state index in [0.717, 1.165) is 10.0 Å². The predicted molar refractivity (Wildman–Crippen MR) is 167 cm³/mol. The lowest BCUT2D eigenvalue weighted by Gasteiger charge is -2.41. The molecule has 43 heavy (non-hydrogen) atoms. The van der Waals surface area contributed by atoms with Crippen molar-refractivity contribution in [3.8, 4) is 5.75 Å². The minimum absolute atomic E-state index is 0.135. The molecule has 0 radical (unpaired) electrons. The van der Waals surface area contributed by atoms with E-state index in [0.29, 0.717) is 22.4 Å². The monoisotopic (exact) mass is 650 g/mol. The SMILES string of the molecule is COc1cccc([C@H]2C(C(=O)OC(C)C)(C(=O)OC(C)C)c3ccccc3[C@@]2(Cc2ccc(Br)cc2)C(=O)OC(C)C)c1. The fourth-order valence-electron chi connectivity index (χ4n) is 6.15. The Bertz CT molecular complexity index is 1460. The molecule has 0 unspecified atom stereocenters. The molecule has 0 heterocycles. The minimum atomic E-state index is -2.04. The highest BCUT2D eigenvalue weighted by Gasteiger charge is 2.72. The van der Waals surface area contributed by atoms with Gasteiger partial charge in [-0.05, 0) is 94.5 Å². The highest BCUT2D eigenvalue weighted by molar-refractivity contribution is 9.10. The lowest BCUT2D eigenvalue weighted by molar-refractivity contribution is -0.173. The van der Waals surface area contributed by atoms with Crippen LogP contribution in [-0.2, 0) is 45.8 Å². The van der Waals surface area contributed by atoms with Gasteiger partial charge in [-0.3, -0.25) is 14.4 Å². The number of methoxy groups -OCH3 is 1. The number of carbonyl (C=O) groups excluding carboxylic acids is 3. The molecule has 8 heteroatoms. The number of halogens is 1. The predicted octanol–water partition coefficient (Wildman–Crippen LogP) is 6.83. The van der Waals surface area contributed by atoms with Crippen LogP contribution in [0.15, 0.2) is 77.3 Å². The summed E-state index contributed by atoms with van der Waals surface area (Å²) in [5.74, 6) is -2.74. The third-order valence-electron chi connectivity index (χ3n) is 7.62. The van der Waals surface area contributed by atoms with Gasteiger partial charge in [0.2, 0.25) is 0 Å². The van der Waals surface area contributed by atoms with Crippen molar-refractivity contribution in [2.45, 2.75) is 83.0 Å². The molecule has 4 rings (SSSR count). The zero-order valence-corrected chi connectivity index (χ0v) is 27.3. The number of hydrogen-bond acceptors (Lipinski definition) is 7. The van der Waals surface area contributed by atoms with Gasteiger partial charge < -0.3 is 18.9 Å². The van der Waals surface area contributed by atoms with Crippen molar-refractivity contribution in [3.05, 3.63) is 99.5 Å². The van der Waals surface area contributed by atoms with Gasteiger partial charge >= 0.3 is 17.9 Å². The van der Waals surface area contributed by atoms with Gasteiger partial charge in [0.1, 0.15) is 11.2 Å². The van der Waals surface area contributed by atoms with Gasteiger partial charge in [-0.25, -0.2) is 0 Å². The van der Waals surface area contributed by atoms with Gasteiger partial charge in [0.15, 0.2) is 5.41 Å². The standard InChI is InChI=1S/C35H39BrO7/c1-21(2)41-31(37)34(20-24-15-17-26(36)18-16-24)28-13-8-9-14-29(28)35(32(38)42-22(3)4,33(39)43-23(5)6)30(34)25-11-10-12-27(19-25)40-7/h8-19,21-23,30H,20H2,1-7H3/t30-,34-/m1/s1. The summed E-state index contributed by atoms with van der Waals surface area (Å²) in [4.78, 5) is 44.0. The fraction of sp³-hybridized carbons (Fsp3) is 0.400. The van der Waals surface area contributed by atoms with E-state index in [4.69, 9.17) is 18.9 Å². The maximum Gasteiger partial charge on any atom is 0.329 e. The first kappa shape index (κ1) is 32.3. The summed E-state index contributed by atoms with van der Waals surface area (Å²) < 4.78 is 24.3. The van der Waals surface area contributed by atoms with Crippen molar-refractivity contribution < 1.29 is 33.3 Å². The molecule has 0 bridgehead atoms. The maximum absolute atomic E-state index is 14.8. The number of rotatable bonds is 10. The van der Waals surface area contributed by atoms with Crippen LogP contribution in [0.2, 0.25) is 0 Å². The van der Waals surface area contributed by atoms with Crippen LogP contribution in [0.25, 0.3) is 0 Å². The third kappa shape index (κ3) is 5.94. The Kier molecular flexibility index (Phi) is 9.70. The van der Waals surface area contributed by atoms with Crippen LogP contribution in [-0.4, -0.2) is 43.3 Å². The molecule has 1 aliphatic rings. The molecule has 1 aliphatic carbocycles. The molecule has 0 amide bonds. The Hall–Kier alpha value is -3.65. The summed E-state index contributed by atoms with van der Waals surface area (Å²) in [5.41, 5.74) is -1.35. The fourth-order valence-corrected chi connectivity index (χ4v) is 6.41. The average Bonchev–Trinajstić information content (AvgIpc) is 3.21. The number of hydrogen-bond donors (Lipinski definition) is 0. The van der Waals surface area contributed by atoms with Crippen molar-refractivity contribution in [2.75, 3.05) is 7.11 Å². The highest BCUT2D eigenvalue weighted by Crippen LogP contribution is 2.62. The van der Waals surface area contributed by atoms with Gasteiger partial charge in [0.05, 0.1) is 25.4 Å².